The number of rotatable bonds is 8. The molecule has 12 heteroatoms. The van der Waals surface area contributed by atoms with E-state index in [9.17, 15) is 19.5 Å². The van der Waals surface area contributed by atoms with Gasteiger partial charge in [-0.25, -0.2) is 4.79 Å². The van der Waals surface area contributed by atoms with E-state index in [0.717, 1.165) is 0 Å². The minimum atomic E-state index is -2.99. The van der Waals surface area contributed by atoms with E-state index in [4.69, 9.17) is 17.7 Å². The molecule has 4 atom stereocenters. The molecule has 1 aromatic heterocycles. The summed E-state index contributed by atoms with van der Waals surface area (Å²) < 4.78 is 29.8. The number of aliphatic hydroxyl groups excluding tert-OH is 1. The average Bonchev–Trinajstić information content (AvgIpc) is 3.24. The largest absolute Gasteiger partial charge is 0.414 e. The van der Waals surface area contributed by atoms with Crippen LogP contribution in [0.5, 0.6) is 0 Å². The maximum absolute atomic E-state index is 13.8. The fourth-order valence-electron chi connectivity index (χ4n) is 6.54. The Morgan fingerprint density at radius 3 is 2.07 bits per heavy atom. The van der Waals surface area contributed by atoms with Crippen LogP contribution in [-0.4, -0.2) is 62.7 Å². The van der Waals surface area contributed by atoms with Gasteiger partial charge in [-0.15, -0.1) is 0 Å². The Morgan fingerprint density at radius 1 is 0.929 bits per heavy atom. The number of carbonyl (C=O) groups is 1. The predicted octanol–water partition coefficient (Wildman–Crippen LogP) is 4.55. The summed E-state index contributed by atoms with van der Waals surface area (Å²) in [6, 6.07) is 9.40. The number of benzene rings is 1. The second-order valence-electron chi connectivity index (χ2n) is 12.6. The first kappa shape index (κ1) is 32.7. The third-order valence-corrected chi connectivity index (χ3v) is 19.0. The third kappa shape index (κ3) is 5.70. The van der Waals surface area contributed by atoms with Crippen molar-refractivity contribution in [2.75, 3.05) is 13.2 Å². The molecule has 3 heterocycles. The molecule has 1 N–H and O–H groups in total. The summed E-state index contributed by atoms with van der Waals surface area (Å²) in [6.07, 6.45) is -0.316. The molecule has 2 aliphatic heterocycles. The Morgan fingerprint density at radius 2 is 1.52 bits per heavy atom. The van der Waals surface area contributed by atoms with Crippen molar-refractivity contribution < 1.29 is 27.6 Å². The van der Waals surface area contributed by atoms with Crippen LogP contribution in [0, 0.1) is 5.92 Å². The molecule has 2 fully saturated rings. The van der Waals surface area contributed by atoms with Crippen LogP contribution in [0.2, 0.25) is 22.2 Å². The van der Waals surface area contributed by atoms with E-state index in [1.165, 1.54) is 16.8 Å². The molecule has 2 saturated heterocycles. The molecule has 0 bridgehead atoms. The summed E-state index contributed by atoms with van der Waals surface area (Å²) in [6.45, 7) is 17.1. The van der Waals surface area contributed by atoms with Gasteiger partial charge in [-0.2, -0.15) is 4.57 Å². The summed E-state index contributed by atoms with van der Waals surface area (Å²) in [4.78, 5) is 39.8. The molecule has 2 aromatic rings. The number of carbonyl (C=O) groups excluding carboxylic acids is 1. The topological polar surface area (TPSA) is 118 Å². The zero-order chi connectivity index (χ0) is 31.0. The zero-order valence-electron chi connectivity index (χ0n) is 26.0. The SMILES string of the molecule is CC(C)[Si]1(C(C)C)OC[C@H]2O[C@@H](n3ccc(=O)n(C(=O)c4ccccc4)c3=O)[C@H](CCO)[C@@H]2O[Si](C(C)C)(C(C)C)O1. The number of fused-ring (bicyclic) bond motifs is 1. The maximum atomic E-state index is 13.8. The van der Waals surface area contributed by atoms with Gasteiger partial charge < -0.3 is 22.8 Å². The Labute approximate surface area is 250 Å². The standard InChI is InChI=1S/C30H46N2O8Si2/c1-19(2)41(20(3)4)37-18-25-27(39-42(40-41,21(5)6)22(7)8)24(15-17-33)29(38-25)31-16-14-26(34)32(30(31)36)28(35)23-12-10-9-11-13-23/h9-14,16,19-22,24-25,27,29,33H,15,17-18H2,1-8H3/t24-,25-,27+,29-/m1/s1. The van der Waals surface area contributed by atoms with Crippen molar-refractivity contribution in [2.24, 2.45) is 5.92 Å². The van der Waals surface area contributed by atoms with Crippen LogP contribution in [-0.2, 0) is 17.7 Å². The minimum absolute atomic E-state index is 0.0890. The first-order valence-corrected chi connectivity index (χ1v) is 19.0. The van der Waals surface area contributed by atoms with Crippen LogP contribution in [0.25, 0.3) is 0 Å². The van der Waals surface area contributed by atoms with Crippen molar-refractivity contribution in [1.29, 1.82) is 0 Å². The first-order valence-electron chi connectivity index (χ1n) is 15.0. The second-order valence-corrected chi connectivity index (χ2v) is 21.5. The van der Waals surface area contributed by atoms with Gasteiger partial charge in [-0.1, -0.05) is 73.6 Å². The highest BCUT2D eigenvalue weighted by molar-refractivity contribution is 6.84. The fraction of sp³-hybridized carbons (Fsp3) is 0.633. The molecule has 232 valence electrons. The van der Waals surface area contributed by atoms with Crippen molar-refractivity contribution in [3.05, 3.63) is 69.0 Å². The van der Waals surface area contributed by atoms with Crippen LogP contribution in [0.3, 0.4) is 0 Å². The Kier molecular flexibility index (Phi) is 9.97. The summed E-state index contributed by atoms with van der Waals surface area (Å²) in [5.74, 6) is -1.18. The van der Waals surface area contributed by atoms with Crippen molar-refractivity contribution in [1.82, 2.24) is 9.13 Å². The Bertz CT molecular complexity index is 1340. The minimum Gasteiger partial charge on any atom is -0.414 e. The van der Waals surface area contributed by atoms with Crippen LogP contribution >= 0.6 is 0 Å². The lowest BCUT2D eigenvalue weighted by molar-refractivity contribution is -0.0578. The fourth-order valence-corrected chi connectivity index (χ4v) is 17.8. The van der Waals surface area contributed by atoms with Crippen LogP contribution in [0.15, 0.2) is 52.2 Å². The van der Waals surface area contributed by atoms with E-state index in [-0.39, 0.29) is 47.4 Å². The second kappa shape index (κ2) is 12.8. The first-order chi connectivity index (χ1) is 19.8. The van der Waals surface area contributed by atoms with Crippen molar-refractivity contribution >= 4 is 23.0 Å². The summed E-state index contributed by atoms with van der Waals surface area (Å²) in [7, 11) is -5.80. The normalized spacial score (nSPS) is 25.5. The highest BCUT2D eigenvalue weighted by Gasteiger charge is 2.61. The molecule has 1 aromatic carbocycles. The smallest absolute Gasteiger partial charge is 0.340 e. The van der Waals surface area contributed by atoms with Crippen LogP contribution < -0.4 is 11.2 Å². The van der Waals surface area contributed by atoms with Crippen LogP contribution in [0.1, 0.15) is 78.4 Å². The van der Waals surface area contributed by atoms with Gasteiger partial charge in [0.05, 0.1) is 12.7 Å². The monoisotopic (exact) mass is 618 g/mol. The zero-order valence-corrected chi connectivity index (χ0v) is 28.0. The van der Waals surface area contributed by atoms with Gasteiger partial charge in [-0.3, -0.25) is 14.2 Å². The van der Waals surface area contributed by atoms with Gasteiger partial charge in [-0.05, 0) is 40.7 Å². The maximum Gasteiger partial charge on any atom is 0.340 e. The molecule has 0 spiro atoms. The van der Waals surface area contributed by atoms with Crippen molar-refractivity contribution in [3.8, 4) is 0 Å². The van der Waals surface area contributed by atoms with Crippen LogP contribution in [0.4, 0.5) is 0 Å². The van der Waals surface area contributed by atoms with E-state index in [0.29, 0.717) is 4.57 Å². The lowest BCUT2D eigenvalue weighted by Crippen LogP contribution is -2.65. The van der Waals surface area contributed by atoms with Gasteiger partial charge in [0.1, 0.15) is 12.3 Å². The number of hydrogen-bond donors (Lipinski definition) is 1. The number of ether oxygens (including phenoxy) is 1. The number of nitrogens with zero attached hydrogens (tertiary/aromatic N) is 2. The van der Waals surface area contributed by atoms with E-state index in [2.05, 4.69) is 55.4 Å². The Balaban J connectivity index is 1.83. The molecule has 10 nitrogen and oxygen atoms in total. The van der Waals surface area contributed by atoms with E-state index in [1.54, 1.807) is 30.3 Å². The van der Waals surface area contributed by atoms with Gasteiger partial charge in [0, 0.05) is 30.4 Å². The number of aliphatic hydroxyl groups is 1. The molecule has 42 heavy (non-hydrogen) atoms. The lowest BCUT2D eigenvalue weighted by Gasteiger charge is -2.51. The molecule has 0 aliphatic carbocycles. The molecule has 0 amide bonds. The van der Waals surface area contributed by atoms with Gasteiger partial charge in [0.15, 0.2) is 0 Å². The number of hydrogen-bond acceptors (Lipinski definition) is 8. The van der Waals surface area contributed by atoms with Crippen molar-refractivity contribution in [2.45, 2.75) is 102 Å². The van der Waals surface area contributed by atoms with E-state index in [1.807, 2.05) is 0 Å². The molecular weight excluding hydrogens is 573 g/mol. The Hall–Kier alpha value is -2.20. The van der Waals surface area contributed by atoms with Gasteiger partial charge >= 0.3 is 22.8 Å². The highest BCUT2D eigenvalue weighted by Crippen LogP contribution is 2.50. The highest BCUT2D eigenvalue weighted by atomic mass is 28.5. The van der Waals surface area contributed by atoms with Gasteiger partial charge in [0.25, 0.3) is 11.5 Å². The quantitative estimate of drug-likeness (QED) is 0.428. The molecule has 0 radical (unpaired) electrons. The average molecular weight is 619 g/mol. The summed E-state index contributed by atoms with van der Waals surface area (Å²) >= 11 is 0. The molecule has 0 saturated carbocycles. The molecular formula is C30H46N2O8Si2. The van der Waals surface area contributed by atoms with E-state index >= 15 is 0 Å². The summed E-state index contributed by atoms with van der Waals surface area (Å²) in [5, 5.41) is 10.1. The number of aromatic nitrogens is 2. The molecule has 4 rings (SSSR count). The van der Waals surface area contributed by atoms with Gasteiger partial charge in [0.2, 0.25) is 0 Å². The molecule has 2 aliphatic rings. The van der Waals surface area contributed by atoms with E-state index < -0.39 is 58.6 Å². The predicted molar refractivity (Wildman–Crippen MR) is 164 cm³/mol. The molecule has 0 unspecified atom stereocenters. The summed E-state index contributed by atoms with van der Waals surface area (Å²) in [5.41, 5.74) is -0.822. The lowest BCUT2D eigenvalue weighted by atomic mass is 9.96. The van der Waals surface area contributed by atoms with Crippen molar-refractivity contribution in [3.63, 3.8) is 0 Å². The third-order valence-electron chi connectivity index (χ3n) is 8.77.